The third kappa shape index (κ3) is 4.05. The second kappa shape index (κ2) is 7.65. The monoisotopic (exact) mass is 346 g/mol. The van der Waals surface area contributed by atoms with E-state index in [0.717, 1.165) is 18.8 Å². The third-order valence-corrected chi connectivity index (χ3v) is 5.21. The maximum absolute atomic E-state index is 12.3. The van der Waals surface area contributed by atoms with Crippen molar-refractivity contribution in [3.8, 4) is 0 Å². The Kier molecular flexibility index (Phi) is 5.34. The Morgan fingerprint density at radius 2 is 1.92 bits per heavy atom. The molecule has 7 nitrogen and oxygen atoms in total. The number of piperidine rings is 1. The summed E-state index contributed by atoms with van der Waals surface area (Å²) in [6.07, 6.45) is 3.83. The lowest BCUT2D eigenvalue weighted by Gasteiger charge is -2.28. The third-order valence-electron chi connectivity index (χ3n) is 4.09. The SMILES string of the molecule is CC(Sc1nnnn1C)C(=O)Nc1ccc(N2CCCCC2)cc1. The van der Waals surface area contributed by atoms with Crippen molar-refractivity contribution in [2.24, 2.45) is 7.05 Å². The number of anilines is 2. The van der Waals surface area contributed by atoms with E-state index in [9.17, 15) is 4.79 Å². The molecule has 1 fully saturated rings. The van der Waals surface area contributed by atoms with Crippen LogP contribution in [0.3, 0.4) is 0 Å². The van der Waals surface area contributed by atoms with E-state index in [1.807, 2.05) is 19.1 Å². The predicted octanol–water partition coefficient (Wildman–Crippen LogP) is 2.32. The number of hydrogen-bond donors (Lipinski definition) is 1. The number of carbonyl (C=O) groups excluding carboxylic acids is 1. The summed E-state index contributed by atoms with van der Waals surface area (Å²) < 4.78 is 1.56. The van der Waals surface area contributed by atoms with Gasteiger partial charge in [-0.1, -0.05) is 11.8 Å². The smallest absolute Gasteiger partial charge is 0.237 e. The molecule has 0 aliphatic carbocycles. The Hall–Kier alpha value is -2.09. The topological polar surface area (TPSA) is 75.9 Å². The average Bonchev–Trinajstić information content (AvgIpc) is 3.01. The number of tetrazole rings is 1. The molecule has 1 aliphatic rings. The van der Waals surface area contributed by atoms with Crippen LogP contribution in [0.25, 0.3) is 0 Å². The molecule has 1 unspecified atom stereocenters. The molecular weight excluding hydrogens is 324 g/mol. The highest BCUT2D eigenvalue weighted by Gasteiger charge is 2.18. The lowest BCUT2D eigenvalue weighted by atomic mass is 10.1. The van der Waals surface area contributed by atoms with Gasteiger partial charge >= 0.3 is 0 Å². The summed E-state index contributed by atoms with van der Waals surface area (Å²) in [6.45, 7) is 4.08. The van der Waals surface area contributed by atoms with E-state index in [4.69, 9.17) is 0 Å². The predicted molar refractivity (Wildman–Crippen MR) is 95.3 cm³/mol. The van der Waals surface area contributed by atoms with Gasteiger partial charge in [-0.2, -0.15) is 0 Å². The summed E-state index contributed by atoms with van der Waals surface area (Å²) in [5.74, 6) is -0.0614. The molecule has 1 atom stereocenters. The van der Waals surface area contributed by atoms with Gasteiger partial charge in [-0.25, -0.2) is 4.68 Å². The van der Waals surface area contributed by atoms with Crippen molar-refractivity contribution >= 4 is 29.0 Å². The van der Waals surface area contributed by atoms with Crippen LogP contribution in [0.5, 0.6) is 0 Å². The van der Waals surface area contributed by atoms with Crippen LogP contribution in [0.4, 0.5) is 11.4 Å². The Labute approximate surface area is 145 Å². The zero-order chi connectivity index (χ0) is 16.9. The van der Waals surface area contributed by atoms with E-state index in [2.05, 4.69) is 37.9 Å². The maximum atomic E-state index is 12.3. The van der Waals surface area contributed by atoms with Gasteiger partial charge in [0.15, 0.2) is 0 Å². The summed E-state index contributed by atoms with van der Waals surface area (Å²) in [4.78, 5) is 14.7. The first-order valence-corrected chi connectivity index (χ1v) is 9.06. The lowest BCUT2D eigenvalue weighted by Crippen LogP contribution is -2.29. The molecule has 24 heavy (non-hydrogen) atoms. The van der Waals surface area contributed by atoms with Gasteiger partial charge in [0.1, 0.15) is 0 Å². The standard InChI is InChI=1S/C16H22N6OS/c1-12(24-16-18-19-20-21(16)2)15(23)17-13-6-8-14(9-7-13)22-10-4-3-5-11-22/h6-9,12H,3-5,10-11H2,1-2H3,(H,17,23). The van der Waals surface area contributed by atoms with E-state index >= 15 is 0 Å². The van der Waals surface area contributed by atoms with Gasteiger partial charge in [-0.05, 0) is 60.9 Å². The van der Waals surface area contributed by atoms with E-state index in [0.29, 0.717) is 5.16 Å². The molecule has 2 aromatic rings. The Balaban J connectivity index is 1.56. The number of aryl methyl sites for hydroxylation is 1. The van der Waals surface area contributed by atoms with Gasteiger partial charge in [0.05, 0.1) is 5.25 Å². The number of benzene rings is 1. The number of hydrogen-bond acceptors (Lipinski definition) is 6. The summed E-state index contributed by atoms with van der Waals surface area (Å²) in [5, 5.41) is 14.5. The van der Waals surface area contributed by atoms with E-state index in [1.165, 1.54) is 36.7 Å². The zero-order valence-corrected chi connectivity index (χ0v) is 14.8. The molecule has 0 bridgehead atoms. The number of amides is 1. The molecule has 1 aliphatic heterocycles. The molecule has 2 heterocycles. The summed E-state index contributed by atoms with van der Waals surface area (Å²) in [6, 6.07) is 8.07. The van der Waals surface area contributed by atoms with Gasteiger partial charge in [0, 0.05) is 31.5 Å². The Morgan fingerprint density at radius 3 is 2.54 bits per heavy atom. The molecule has 0 radical (unpaired) electrons. The fourth-order valence-corrected chi connectivity index (χ4v) is 3.44. The number of nitrogens with zero attached hydrogens (tertiary/aromatic N) is 5. The van der Waals surface area contributed by atoms with Gasteiger partial charge in [-0.3, -0.25) is 4.79 Å². The van der Waals surface area contributed by atoms with E-state index in [-0.39, 0.29) is 11.2 Å². The van der Waals surface area contributed by atoms with E-state index < -0.39 is 0 Å². The number of carbonyl (C=O) groups is 1. The number of thioether (sulfide) groups is 1. The number of nitrogens with one attached hydrogen (secondary N) is 1. The van der Waals surface area contributed by atoms with Crippen LogP contribution in [-0.4, -0.2) is 44.5 Å². The highest BCUT2D eigenvalue weighted by atomic mass is 32.2. The van der Waals surface area contributed by atoms with Crippen LogP contribution in [0.2, 0.25) is 0 Å². The van der Waals surface area contributed by atoms with Crippen molar-refractivity contribution in [2.75, 3.05) is 23.3 Å². The molecular formula is C16H22N6OS. The van der Waals surface area contributed by atoms with Gasteiger partial charge in [0.25, 0.3) is 0 Å². The first-order chi connectivity index (χ1) is 11.6. The van der Waals surface area contributed by atoms with E-state index in [1.54, 1.807) is 11.7 Å². The molecule has 3 rings (SSSR count). The fourth-order valence-electron chi connectivity index (χ4n) is 2.68. The first-order valence-electron chi connectivity index (χ1n) is 8.18. The highest BCUT2D eigenvalue weighted by molar-refractivity contribution is 8.00. The molecule has 128 valence electrons. The van der Waals surface area contributed by atoms with Crippen LogP contribution in [0.1, 0.15) is 26.2 Å². The summed E-state index contributed by atoms with van der Waals surface area (Å²) in [5.41, 5.74) is 2.03. The van der Waals surface area contributed by atoms with Crippen molar-refractivity contribution in [2.45, 2.75) is 36.6 Å². The molecule has 8 heteroatoms. The first kappa shape index (κ1) is 16.8. The minimum absolute atomic E-state index is 0.0614. The molecule has 1 aromatic carbocycles. The highest BCUT2D eigenvalue weighted by Crippen LogP contribution is 2.23. The van der Waals surface area contributed by atoms with Crippen LogP contribution in [0.15, 0.2) is 29.4 Å². The number of aromatic nitrogens is 4. The molecule has 1 amide bonds. The van der Waals surface area contributed by atoms with Crippen molar-refractivity contribution in [3.05, 3.63) is 24.3 Å². The fraction of sp³-hybridized carbons (Fsp3) is 0.500. The van der Waals surface area contributed by atoms with Crippen LogP contribution < -0.4 is 10.2 Å². The molecule has 1 saturated heterocycles. The largest absolute Gasteiger partial charge is 0.372 e. The van der Waals surface area contributed by atoms with Crippen molar-refractivity contribution in [1.29, 1.82) is 0 Å². The summed E-state index contributed by atoms with van der Waals surface area (Å²) >= 11 is 1.34. The maximum Gasteiger partial charge on any atom is 0.237 e. The molecule has 1 N–H and O–H groups in total. The Morgan fingerprint density at radius 1 is 1.21 bits per heavy atom. The number of rotatable bonds is 5. The minimum Gasteiger partial charge on any atom is -0.372 e. The summed E-state index contributed by atoms with van der Waals surface area (Å²) in [7, 11) is 1.76. The second-order valence-electron chi connectivity index (χ2n) is 5.93. The second-order valence-corrected chi connectivity index (χ2v) is 7.24. The molecule has 0 saturated carbocycles. The van der Waals surface area contributed by atoms with Crippen LogP contribution in [0, 0.1) is 0 Å². The van der Waals surface area contributed by atoms with Gasteiger partial charge in [0.2, 0.25) is 11.1 Å². The quantitative estimate of drug-likeness (QED) is 0.838. The van der Waals surface area contributed by atoms with Crippen molar-refractivity contribution < 1.29 is 4.79 Å². The zero-order valence-electron chi connectivity index (χ0n) is 14.0. The van der Waals surface area contributed by atoms with Gasteiger partial charge < -0.3 is 10.2 Å². The Bertz CT molecular complexity index is 680. The van der Waals surface area contributed by atoms with Crippen LogP contribution in [-0.2, 0) is 11.8 Å². The lowest BCUT2D eigenvalue weighted by molar-refractivity contribution is -0.115. The average molecular weight is 346 g/mol. The van der Waals surface area contributed by atoms with Crippen LogP contribution >= 0.6 is 11.8 Å². The normalized spacial score (nSPS) is 16.0. The molecule has 1 aromatic heterocycles. The molecule has 0 spiro atoms. The van der Waals surface area contributed by atoms with Gasteiger partial charge in [-0.15, -0.1) is 5.10 Å². The van der Waals surface area contributed by atoms with Crippen molar-refractivity contribution in [1.82, 2.24) is 20.2 Å². The minimum atomic E-state index is -0.281. The van der Waals surface area contributed by atoms with Crippen molar-refractivity contribution in [3.63, 3.8) is 0 Å².